The molecule has 1 aromatic heterocycles. The van der Waals surface area contributed by atoms with Crippen molar-refractivity contribution >= 4 is 55.9 Å². The molecule has 2 saturated heterocycles. The lowest BCUT2D eigenvalue weighted by atomic mass is 9.84. The van der Waals surface area contributed by atoms with Crippen molar-refractivity contribution in [1.82, 2.24) is 30.5 Å². The number of carbonyl (C=O) groups excluding carboxylic acids is 5. The minimum Gasteiger partial charge on any atom is -0.384 e. The third-order valence-electron chi connectivity index (χ3n) is 10.1. The van der Waals surface area contributed by atoms with Crippen LogP contribution < -0.4 is 16.4 Å². The lowest BCUT2D eigenvalue weighted by Gasteiger charge is -2.45. The molecule has 3 heterocycles. The Hall–Kier alpha value is -3.38. The van der Waals surface area contributed by atoms with Crippen molar-refractivity contribution in [3.63, 3.8) is 0 Å². The van der Waals surface area contributed by atoms with Crippen LogP contribution in [0.15, 0.2) is 34.9 Å². The highest BCUT2D eigenvalue weighted by Crippen LogP contribution is 2.47. The Morgan fingerprint density at radius 1 is 1.08 bits per heavy atom. The quantitative estimate of drug-likeness (QED) is 0.183. The van der Waals surface area contributed by atoms with Crippen LogP contribution in [0.4, 0.5) is 0 Å². The van der Waals surface area contributed by atoms with Gasteiger partial charge < -0.3 is 26.4 Å². The average Bonchev–Trinajstić information content (AvgIpc) is 3.74. The van der Waals surface area contributed by atoms with E-state index in [0.29, 0.717) is 17.7 Å². The van der Waals surface area contributed by atoms with Gasteiger partial charge in [0.05, 0.1) is 17.9 Å². The Morgan fingerprint density at radius 2 is 1.72 bits per heavy atom. The second kappa shape index (κ2) is 15.1. The number of amides is 4. The van der Waals surface area contributed by atoms with Gasteiger partial charge >= 0.3 is 0 Å². The second-order valence-corrected chi connectivity index (χ2v) is 17.6. The summed E-state index contributed by atoms with van der Waals surface area (Å²) in [5.41, 5.74) is 2.96. The zero-order valence-electron chi connectivity index (χ0n) is 28.2. The molecule has 1 saturated carbocycles. The summed E-state index contributed by atoms with van der Waals surface area (Å²) >= 11 is 3.37. The Bertz CT molecular complexity index is 1600. The maximum absolute atomic E-state index is 14.7. The van der Waals surface area contributed by atoms with Crippen molar-refractivity contribution in [3.05, 3.63) is 46.2 Å². The summed E-state index contributed by atoms with van der Waals surface area (Å²) in [5, 5.41) is 24.6. The normalized spacial score (nSPS) is 23.4. The molecule has 2 aliphatic heterocycles. The number of hydrogen-bond acceptors (Lipinski definition) is 10. The lowest BCUT2D eigenvalue weighted by molar-refractivity contribution is -0.145. The number of primary amides is 1. The van der Waals surface area contributed by atoms with Crippen LogP contribution in [0.1, 0.15) is 93.7 Å². The summed E-state index contributed by atoms with van der Waals surface area (Å²) in [4.78, 5) is 69.2. The van der Waals surface area contributed by atoms with Gasteiger partial charge in [-0.15, -0.1) is 5.10 Å². The summed E-state index contributed by atoms with van der Waals surface area (Å²) in [6.45, 7) is 3.10. The minimum atomic E-state index is -3.02. The first-order valence-corrected chi connectivity index (χ1v) is 19.6. The minimum absolute atomic E-state index is 0.0108. The van der Waals surface area contributed by atoms with Crippen molar-refractivity contribution in [2.75, 3.05) is 18.1 Å². The number of halogens is 1. The van der Waals surface area contributed by atoms with Crippen LogP contribution in [0.5, 0.6) is 0 Å². The van der Waals surface area contributed by atoms with Gasteiger partial charge in [-0.25, -0.2) is 4.68 Å². The highest BCUT2D eigenvalue weighted by Gasteiger charge is 2.50. The maximum Gasteiger partial charge on any atom is 0.287 e. The van der Waals surface area contributed by atoms with E-state index in [0.717, 1.165) is 36.6 Å². The molecule has 7 N–H and O–H groups in total. The van der Waals surface area contributed by atoms with Gasteiger partial charge in [0, 0.05) is 34.5 Å². The Balaban J connectivity index is 1.49. The van der Waals surface area contributed by atoms with E-state index in [1.807, 2.05) is 0 Å². The third kappa shape index (κ3) is 8.55. The van der Waals surface area contributed by atoms with E-state index in [-0.39, 0.29) is 43.2 Å². The van der Waals surface area contributed by atoms with Crippen LogP contribution in [-0.4, -0.2) is 99.2 Å². The zero-order valence-corrected chi connectivity index (χ0v) is 30.6. The molecule has 2 aromatic rings. The number of Topliss-reactive ketones (excluding diaryl/α,β-unsaturated/α-hetero) is 1. The number of nitrogens with one attached hydrogen (secondary N) is 2. The second-order valence-electron chi connectivity index (χ2n) is 14.3. The summed E-state index contributed by atoms with van der Waals surface area (Å²) < 4.78 is 22.8. The first-order valence-electron chi connectivity index (χ1n) is 16.9. The molecule has 4 amide bonds. The number of benzene rings is 1. The fraction of sp³-hybridized carbons (Fsp3) is 0.606. The molecule has 0 unspecified atom stereocenters. The van der Waals surface area contributed by atoms with Crippen molar-refractivity contribution in [3.8, 4) is 0 Å². The number of rotatable bonds is 11. The largest absolute Gasteiger partial charge is 0.384 e. The molecule has 5 rings (SSSR count). The first-order chi connectivity index (χ1) is 23.5. The number of nitrogens with two attached hydrogens (primary N) is 1. The molecule has 0 bridgehead atoms. The monoisotopic (exact) mass is 779 g/mol. The van der Waals surface area contributed by atoms with Crippen LogP contribution in [0.3, 0.4) is 0 Å². The van der Waals surface area contributed by atoms with Crippen LogP contribution in [0.25, 0.3) is 0 Å². The third-order valence-corrected chi connectivity index (χ3v) is 12.4. The van der Waals surface area contributed by atoms with Gasteiger partial charge in [-0.05, 0) is 63.3 Å². The summed E-state index contributed by atoms with van der Waals surface area (Å²) in [6.07, 6.45) is 6.23. The fourth-order valence-electron chi connectivity index (χ4n) is 7.32. The molecule has 15 nitrogen and oxygen atoms in total. The summed E-state index contributed by atoms with van der Waals surface area (Å²) in [5.74, 6) is -4.30. The van der Waals surface area contributed by atoms with Gasteiger partial charge in [-0.1, -0.05) is 53.2 Å². The lowest BCUT2D eigenvalue weighted by Crippen LogP contribution is -2.64. The van der Waals surface area contributed by atoms with E-state index in [1.165, 1.54) is 15.8 Å². The Morgan fingerprint density at radius 3 is 2.32 bits per heavy atom. The molecule has 274 valence electrons. The van der Waals surface area contributed by atoms with Crippen molar-refractivity contribution < 1.29 is 38.2 Å². The number of likely N-dealkylation sites (tertiary alicyclic amines) is 1. The van der Waals surface area contributed by atoms with Gasteiger partial charge in [0.25, 0.3) is 11.8 Å². The molecule has 3 atom stereocenters. The summed E-state index contributed by atoms with van der Waals surface area (Å²) in [7, 11) is -3.02. The number of aromatic nitrogens is 3. The van der Waals surface area contributed by atoms with Gasteiger partial charge in [0.1, 0.15) is 23.2 Å². The molecular formula is C33H46BrN7O8S. The predicted molar refractivity (Wildman–Crippen MR) is 188 cm³/mol. The SMILES string of the molecule is CC(C)(O)c1cnnn1[C@H]1C[C@@H](C(=O)NC2(C(=O)C(N)=O)CCS(O)(O)CC2)N(C(=O)[C@@H](CC2CCCCC2)NC(=O)c2ccc(Br)cc2)C1. The van der Waals surface area contributed by atoms with E-state index in [9.17, 15) is 38.2 Å². The molecule has 1 aliphatic carbocycles. The van der Waals surface area contributed by atoms with E-state index < -0.39 is 69.3 Å². The molecule has 0 radical (unpaired) electrons. The standard InChI is InChI=1S/C33H46BrN7O8S/c1-32(2,47)26-18-36-39-41(26)23-17-25(30(45)38-33(27(42)28(35)43)12-14-50(48,49)15-13-33)40(19-23)31(46)24(16-20-6-4-3-5-7-20)37-29(44)21-8-10-22(34)11-9-21/h8-11,18,20,23-25,47-49H,3-7,12-17,19H2,1-2H3,(H2,35,43)(H,37,44)(H,38,45)/t23-,24+,25-/m0/s1. The smallest absolute Gasteiger partial charge is 0.287 e. The summed E-state index contributed by atoms with van der Waals surface area (Å²) in [6, 6.07) is 3.93. The van der Waals surface area contributed by atoms with Crippen LogP contribution >= 0.6 is 26.5 Å². The molecule has 50 heavy (non-hydrogen) atoms. The molecule has 17 heteroatoms. The number of aliphatic hydroxyl groups is 1. The molecule has 3 fully saturated rings. The van der Waals surface area contributed by atoms with Crippen LogP contribution in [0.2, 0.25) is 0 Å². The van der Waals surface area contributed by atoms with Crippen LogP contribution in [0, 0.1) is 5.92 Å². The van der Waals surface area contributed by atoms with Crippen molar-refractivity contribution in [2.45, 2.75) is 101 Å². The highest BCUT2D eigenvalue weighted by atomic mass is 79.9. The van der Waals surface area contributed by atoms with Gasteiger partial charge in [0.2, 0.25) is 17.6 Å². The molecule has 0 spiro atoms. The topological polar surface area (TPSA) is 230 Å². The number of hydrogen-bond donors (Lipinski definition) is 6. The van der Waals surface area contributed by atoms with E-state index in [4.69, 9.17) is 5.73 Å². The first kappa shape index (κ1) is 37.9. The van der Waals surface area contributed by atoms with Crippen molar-refractivity contribution in [1.29, 1.82) is 0 Å². The van der Waals surface area contributed by atoms with Crippen molar-refractivity contribution in [2.24, 2.45) is 11.7 Å². The molecule has 1 aromatic carbocycles. The van der Waals surface area contributed by atoms with E-state index >= 15 is 0 Å². The average molecular weight is 781 g/mol. The fourth-order valence-corrected chi connectivity index (χ4v) is 9.14. The Kier molecular flexibility index (Phi) is 11.4. The molecular weight excluding hydrogens is 734 g/mol. The highest BCUT2D eigenvalue weighted by molar-refractivity contribution is 9.10. The zero-order chi connectivity index (χ0) is 36.4. The number of carbonyl (C=O) groups is 5. The van der Waals surface area contributed by atoms with E-state index in [1.54, 1.807) is 38.1 Å². The Labute approximate surface area is 300 Å². The molecule has 3 aliphatic rings. The maximum atomic E-state index is 14.7. The predicted octanol–water partition coefficient (Wildman–Crippen LogP) is 2.63. The van der Waals surface area contributed by atoms with Crippen LogP contribution in [-0.2, 0) is 24.8 Å². The van der Waals surface area contributed by atoms with E-state index in [2.05, 4.69) is 36.9 Å². The van der Waals surface area contributed by atoms with Gasteiger partial charge in [-0.3, -0.25) is 33.1 Å². The van der Waals surface area contributed by atoms with Gasteiger partial charge in [0.15, 0.2) is 0 Å². The number of nitrogens with zero attached hydrogens (tertiary/aromatic N) is 4. The van der Waals surface area contributed by atoms with Gasteiger partial charge in [-0.2, -0.15) is 10.6 Å². The number of ketones is 1.